The van der Waals surface area contributed by atoms with Crippen LogP contribution in [-0.2, 0) is 9.53 Å². The largest absolute Gasteiger partial charge is 0.508 e. The molecule has 152 valence electrons. The first-order valence-electron chi connectivity index (χ1n) is 9.30. The monoisotopic (exact) mass is 405 g/mol. The van der Waals surface area contributed by atoms with Gasteiger partial charge < -0.3 is 24.6 Å². The standard InChI is InChI=1S/C23H19NO6/c1-14(22(26)24-18-8-11-20-21(12-18)29-13-28-20)30-23(27)17-4-2-15(3-5-17)16-6-9-19(25)10-7-16/h2-12,14,25H,13H2,1H3,(H,24,26)/t14-/m1/s1. The molecule has 1 aliphatic heterocycles. The molecule has 7 nitrogen and oxygen atoms in total. The molecule has 2 N–H and O–H groups in total. The summed E-state index contributed by atoms with van der Waals surface area (Å²) in [4.78, 5) is 24.8. The molecule has 3 aromatic rings. The second-order valence-corrected chi connectivity index (χ2v) is 6.73. The summed E-state index contributed by atoms with van der Waals surface area (Å²) in [6, 6.07) is 18.6. The van der Waals surface area contributed by atoms with E-state index in [1.165, 1.54) is 6.92 Å². The number of ether oxygens (including phenoxy) is 3. The predicted molar refractivity (Wildman–Crippen MR) is 110 cm³/mol. The third kappa shape index (κ3) is 4.20. The van der Waals surface area contributed by atoms with Crippen molar-refractivity contribution in [2.45, 2.75) is 13.0 Å². The number of aromatic hydroxyl groups is 1. The van der Waals surface area contributed by atoms with Gasteiger partial charge in [-0.2, -0.15) is 0 Å². The summed E-state index contributed by atoms with van der Waals surface area (Å²) in [5, 5.41) is 12.1. The van der Waals surface area contributed by atoms with Crippen LogP contribution in [0.15, 0.2) is 66.7 Å². The van der Waals surface area contributed by atoms with Crippen molar-refractivity contribution < 1.29 is 28.9 Å². The molecule has 30 heavy (non-hydrogen) atoms. The van der Waals surface area contributed by atoms with E-state index >= 15 is 0 Å². The molecule has 3 aromatic carbocycles. The second kappa shape index (κ2) is 8.16. The van der Waals surface area contributed by atoms with Gasteiger partial charge in [-0.1, -0.05) is 24.3 Å². The molecule has 0 saturated carbocycles. The van der Waals surface area contributed by atoms with Crippen molar-refractivity contribution in [3.8, 4) is 28.4 Å². The van der Waals surface area contributed by atoms with Crippen LogP contribution in [0.25, 0.3) is 11.1 Å². The van der Waals surface area contributed by atoms with E-state index in [4.69, 9.17) is 14.2 Å². The smallest absolute Gasteiger partial charge is 0.338 e. The molecule has 0 bridgehead atoms. The molecule has 1 amide bonds. The van der Waals surface area contributed by atoms with E-state index in [1.807, 2.05) is 0 Å². The van der Waals surface area contributed by atoms with Gasteiger partial charge in [-0.3, -0.25) is 4.79 Å². The Hall–Kier alpha value is -4.00. The van der Waals surface area contributed by atoms with E-state index < -0.39 is 18.0 Å². The Bertz CT molecular complexity index is 1080. The van der Waals surface area contributed by atoms with E-state index in [2.05, 4.69) is 5.32 Å². The van der Waals surface area contributed by atoms with Gasteiger partial charge in [0.05, 0.1) is 5.56 Å². The van der Waals surface area contributed by atoms with Gasteiger partial charge in [-0.15, -0.1) is 0 Å². The number of anilines is 1. The van der Waals surface area contributed by atoms with Crippen molar-refractivity contribution in [2.24, 2.45) is 0 Å². The zero-order valence-electron chi connectivity index (χ0n) is 16.1. The Kier molecular flexibility index (Phi) is 5.26. The first-order valence-corrected chi connectivity index (χ1v) is 9.30. The summed E-state index contributed by atoms with van der Waals surface area (Å²) >= 11 is 0. The minimum absolute atomic E-state index is 0.145. The SMILES string of the molecule is C[C@@H](OC(=O)c1ccc(-c2ccc(O)cc2)cc1)C(=O)Nc1ccc2c(c1)OCO2. The lowest BCUT2D eigenvalue weighted by molar-refractivity contribution is -0.123. The number of hydrogen-bond donors (Lipinski definition) is 2. The van der Waals surface area contributed by atoms with Crippen molar-refractivity contribution in [3.05, 3.63) is 72.3 Å². The number of benzene rings is 3. The molecule has 0 fully saturated rings. The number of hydrogen-bond acceptors (Lipinski definition) is 6. The fraction of sp³-hybridized carbons (Fsp3) is 0.130. The average molecular weight is 405 g/mol. The number of carbonyl (C=O) groups is 2. The molecule has 0 radical (unpaired) electrons. The lowest BCUT2D eigenvalue weighted by Gasteiger charge is -2.14. The highest BCUT2D eigenvalue weighted by atomic mass is 16.7. The van der Waals surface area contributed by atoms with E-state index in [9.17, 15) is 14.7 Å². The highest BCUT2D eigenvalue weighted by Crippen LogP contribution is 2.34. The third-order valence-electron chi connectivity index (χ3n) is 4.61. The molecule has 0 aliphatic carbocycles. The Morgan fingerprint density at radius 2 is 1.57 bits per heavy atom. The topological polar surface area (TPSA) is 94.1 Å². The van der Waals surface area contributed by atoms with Crippen molar-refractivity contribution in [1.82, 2.24) is 0 Å². The Balaban J connectivity index is 1.36. The highest BCUT2D eigenvalue weighted by molar-refractivity contribution is 5.97. The summed E-state index contributed by atoms with van der Waals surface area (Å²) in [6.07, 6.45) is -0.986. The highest BCUT2D eigenvalue weighted by Gasteiger charge is 2.20. The summed E-state index contributed by atoms with van der Waals surface area (Å²) in [6.45, 7) is 1.65. The zero-order valence-corrected chi connectivity index (χ0v) is 16.1. The van der Waals surface area contributed by atoms with Crippen LogP contribution in [0.2, 0.25) is 0 Å². The van der Waals surface area contributed by atoms with E-state index in [0.717, 1.165) is 11.1 Å². The molecular weight excluding hydrogens is 386 g/mol. The van der Waals surface area contributed by atoms with Crippen LogP contribution in [0.4, 0.5) is 5.69 Å². The number of phenolic OH excluding ortho intramolecular Hbond substituents is 1. The number of esters is 1. The molecule has 1 aliphatic rings. The van der Waals surface area contributed by atoms with Gasteiger partial charge in [0.2, 0.25) is 6.79 Å². The first-order chi connectivity index (χ1) is 14.5. The quantitative estimate of drug-likeness (QED) is 0.624. The van der Waals surface area contributed by atoms with Crippen LogP contribution in [-0.4, -0.2) is 29.9 Å². The fourth-order valence-corrected chi connectivity index (χ4v) is 2.95. The van der Waals surface area contributed by atoms with Crippen molar-refractivity contribution in [2.75, 3.05) is 12.1 Å². The van der Waals surface area contributed by atoms with Gasteiger partial charge in [0.1, 0.15) is 5.75 Å². The maximum atomic E-state index is 12.4. The van der Waals surface area contributed by atoms with Crippen LogP contribution in [0.3, 0.4) is 0 Å². The molecule has 0 aromatic heterocycles. The summed E-state index contributed by atoms with van der Waals surface area (Å²) in [7, 11) is 0. The third-order valence-corrected chi connectivity index (χ3v) is 4.61. The van der Waals surface area contributed by atoms with Crippen LogP contribution in [0.5, 0.6) is 17.2 Å². The predicted octanol–water partition coefficient (Wildman–Crippen LogP) is 3.97. The Morgan fingerprint density at radius 1 is 0.933 bits per heavy atom. The average Bonchev–Trinajstić information content (AvgIpc) is 3.22. The number of carbonyl (C=O) groups excluding carboxylic acids is 2. The number of rotatable bonds is 5. The lowest BCUT2D eigenvalue weighted by Crippen LogP contribution is -2.30. The van der Waals surface area contributed by atoms with Crippen molar-refractivity contribution >= 4 is 17.6 Å². The normalized spacial score (nSPS) is 12.8. The van der Waals surface area contributed by atoms with E-state index in [1.54, 1.807) is 66.7 Å². The van der Waals surface area contributed by atoms with Gasteiger partial charge >= 0.3 is 5.97 Å². The lowest BCUT2D eigenvalue weighted by atomic mass is 10.0. The molecule has 4 rings (SSSR count). The van der Waals surface area contributed by atoms with Gasteiger partial charge in [-0.25, -0.2) is 4.79 Å². The zero-order chi connectivity index (χ0) is 21.1. The molecule has 1 atom stereocenters. The van der Waals surface area contributed by atoms with Gasteiger partial charge in [0.15, 0.2) is 17.6 Å². The van der Waals surface area contributed by atoms with Crippen LogP contribution >= 0.6 is 0 Å². The molecule has 7 heteroatoms. The molecular formula is C23H19NO6. The maximum Gasteiger partial charge on any atom is 0.338 e. The second-order valence-electron chi connectivity index (χ2n) is 6.73. The van der Waals surface area contributed by atoms with Crippen LogP contribution in [0, 0.1) is 0 Å². The summed E-state index contributed by atoms with van der Waals surface area (Å²) in [5.74, 6) is 0.296. The molecule has 0 spiro atoms. The number of fused-ring (bicyclic) bond motifs is 1. The van der Waals surface area contributed by atoms with E-state index in [-0.39, 0.29) is 12.5 Å². The first kappa shape index (κ1) is 19.3. The van der Waals surface area contributed by atoms with Gasteiger partial charge in [0, 0.05) is 11.8 Å². The number of nitrogens with one attached hydrogen (secondary N) is 1. The Labute approximate surface area is 172 Å². The minimum atomic E-state index is -0.986. The maximum absolute atomic E-state index is 12.4. The van der Waals surface area contributed by atoms with Crippen LogP contribution in [0.1, 0.15) is 17.3 Å². The number of amides is 1. The molecule has 1 heterocycles. The fourth-order valence-electron chi connectivity index (χ4n) is 2.95. The Morgan fingerprint density at radius 3 is 2.27 bits per heavy atom. The van der Waals surface area contributed by atoms with Crippen LogP contribution < -0.4 is 14.8 Å². The van der Waals surface area contributed by atoms with Gasteiger partial charge in [-0.05, 0) is 54.4 Å². The molecule has 0 saturated heterocycles. The van der Waals surface area contributed by atoms with Crippen molar-refractivity contribution in [3.63, 3.8) is 0 Å². The summed E-state index contributed by atoms with van der Waals surface area (Å²) < 4.78 is 15.8. The summed E-state index contributed by atoms with van der Waals surface area (Å²) in [5.41, 5.74) is 2.65. The van der Waals surface area contributed by atoms with E-state index in [0.29, 0.717) is 22.7 Å². The molecule has 0 unspecified atom stereocenters. The van der Waals surface area contributed by atoms with Gasteiger partial charge in [0.25, 0.3) is 5.91 Å². The number of phenols is 1. The van der Waals surface area contributed by atoms with Crippen molar-refractivity contribution in [1.29, 1.82) is 0 Å². The minimum Gasteiger partial charge on any atom is -0.508 e.